The third-order valence-corrected chi connectivity index (χ3v) is 7.91. The van der Waals surface area contributed by atoms with Crippen molar-refractivity contribution in [3.63, 3.8) is 0 Å². The zero-order valence-corrected chi connectivity index (χ0v) is 23.3. The summed E-state index contributed by atoms with van der Waals surface area (Å²) in [4.78, 5) is 11.1. The molecule has 0 radical (unpaired) electrons. The van der Waals surface area contributed by atoms with Crippen LogP contribution in [0.4, 0.5) is 0 Å². The van der Waals surface area contributed by atoms with Crippen molar-refractivity contribution in [2.24, 2.45) is 11.8 Å². The van der Waals surface area contributed by atoms with Gasteiger partial charge >= 0.3 is 0 Å². The third kappa shape index (κ3) is 6.19. The lowest BCUT2D eigenvalue weighted by atomic mass is 9.72. The standard InChI is InChI=1S/C31H33ClN4O5/c32-23-8-11-27-26(20-23)29(38)28(37)25-5-3-14-34-30(25)31(27,39)22-12-16-36(17-13-22)18-19-40-24-9-6-21(7-10-24)4-1-2-15-35-41-33/h3,5-11,14,20,22,35,37-39H,2,12-13,15-19,33H2. The van der Waals surface area contributed by atoms with Crippen LogP contribution in [-0.2, 0) is 10.5 Å². The minimum Gasteiger partial charge on any atom is -0.504 e. The monoisotopic (exact) mass is 576 g/mol. The maximum absolute atomic E-state index is 12.4. The molecule has 0 bridgehead atoms. The van der Waals surface area contributed by atoms with Crippen LogP contribution < -0.4 is 16.1 Å². The molecule has 2 aliphatic rings. The lowest BCUT2D eigenvalue weighted by molar-refractivity contribution is -0.0189. The second kappa shape index (κ2) is 12.9. The zero-order valence-electron chi connectivity index (χ0n) is 22.5. The van der Waals surface area contributed by atoms with Crippen LogP contribution >= 0.6 is 11.6 Å². The number of fused-ring (bicyclic) bond motifs is 2. The quantitative estimate of drug-likeness (QED) is 0.152. The molecule has 41 heavy (non-hydrogen) atoms. The fourth-order valence-corrected chi connectivity index (χ4v) is 5.75. The predicted octanol–water partition coefficient (Wildman–Crippen LogP) is 4.15. The third-order valence-electron chi connectivity index (χ3n) is 7.67. The Bertz CT molecular complexity index is 1460. The number of likely N-dealkylation sites (tertiary alicyclic amines) is 1. The Balaban J connectivity index is 1.22. The van der Waals surface area contributed by atoms with Gasteiger partial charge in [-0.25, -0.2) is 4.94 Å². The molecule has 2 heterocycles. The van der Waals surface area contributed by atoms with E-state index in [-0.39, 0.29) is 17.4 Å². The summed E-state index contributed by atoms with van der Waals surface area (Å²) in [5.41, 5.74) is 3.37. The number of aromatic nitrogens is 1. The molecule has 2 aromatic carbocycles. The summed E-state index contributed by atoms with van der Waals surface area (Å²) in [7, 11) is 0. The average molecular weight is 577 g/mol. The van der Waals surface area contributed by atoms with Gasteiger partial charge in [0, 0.05) is 58.9 Å². The van der Waals surface area contributed by atoms with Crippen molar-refractivity contribution in [2.45, 2.75) is 24.9 Å². The molecule has 1 saturated heterocycles. The molecule has 5 rings (SSSR count). The maximum atomic E-state index is 12.4. The number of benzene rings is 2. The smallest absolute Gasteiger partial charge is 0.167 e. The van der Waals surface area contributed by atoms with E-state index in [2.05, 4.69) is 32.1 Å². The van der Waals surface area contributed by atoms with Crippen molar-refractivity contribution in [3.8, 4) is 17.6 Å². The van der Waals surface area contributed by atoms with Crippen LogP contribution in [-0.4, -0.2) is 58.0 Å². The lowest BCUT2D eigenvalue weighted by Gasteiger charge is -2.42. The number of halogens is 1. The molecule has 1 unspecified atom stereocenters. The highest BCUT2D eigenvalue weighted by atomic mass is 35.5. The number of pyridine rings is 1. The molecule has 0 saturated carbocycles. The summed E-state index contributed by atoms with van der Waals surface area (Å²) >= 11 is 6.24. The molecular weight excluding hydrogens is 544 g/mol. The Kier molecular flexibility index (Phi) is 9.10. The van der Waals surface area contributed by atoms with Crippen LogP contribution in [0, 0.1) is 17.8 Å². The van der Waals surface area contributed by atoms with E-state index in [1.165, 1.54) is 0 Å². The van der Waals surface area contributed by atoms with Gasteiger partial charge in [0.05, 0.1) is 5.69 Å². The molecular formula is C31H33ClN4O5. The molecule has 10 heteroatoms. The number of ether oxygens (including phenoxy) is 1. The number of nitrogens with two attached hydrogens (primary N) is 1. The first-order chi connectivity index (χ1) is 19.9. The predicted molar refractivity (Wildman–Crippen MR) is 157 cm³/mol. The van der Waals surface area contributed by atoms with Gasteiger partial charge in [0.15, 0.2) is 11.5 Å². The van der Waals surface area contributed by atoms with Crippen LogP contribution in [0.5, 0.6) is 5.75 Å². The van der Waals surface area contributed by atoms with Gasteiger partial charge in [-0.1, -0.05) is 29.5 Å². The number of nitrogens with one attached hydrogen (secondary N) is 1. The molecule has 0 amide bonds. The van der Waals surface area contributed by atoms with Crippen molar-refractivity contribution in [2.75, 3.05) is 32.8 Å². The Morgan fingerprint density at radius 3 is 2.59 bits per heavy atom. The number of hydrogen-bond acceptors (Lipinski definition) is 9. The molecule has 1 aliphatic heterocycles. The van der Waals surface area contributed by atoms with Crippen molar-refractivity contribution in [1.29, 1.82) is 0 Å². The van der Waals surface area contributed by atoms with Gasteiger partial charge in [0.2, 0.25) is 0 Å². The van der Waals surface area contributed by atoms with E-state index in [9.17, 15) is 15.3 Å². The first kappa shape index (κ1) is 28.9. The van der Waals surface area contributed by atoms with Crippen LogP contribution in [0.3, 0.4) is 0 Å². The van der Waals surface area contributed by atoms with E-state index in [1.807, 2.05) is 24.3 Å². The molecule has 214 valence electrons. The Labute approximate surface area is 244 Å². The molecule has 1 fully saturated rings. The Morgan fingerprint density at radius 2 is 1.83 bits per heavy atom. The normalized spacial score (nSPS) is 19.1. The van der Waals surface area contributed by atoms with Gasteiger partial charge in [-0.3, -0.25) is 9.88 Å². The van der Waals surface area contributed by atoms with Crippen LogP contribution in [0.2, 0.25) is 5.02 Å². The minimum atomic E-state index is -1.52. The number of aliphatic hydroxyl groups excluding tert-OH is 2. The Morgan fingerprint density at radius 1 is 1.07 bits per heavy atom. The summed E-state index contributed by atoms with van der Waals surface area (Å²) in [5.74, 6) is 11.0. The van der Waals surface area contributed by atoms with Gasteiger partial charge in [0.1, 0.15) is 18.0 Å². The molecule has 9 nitrogen and oxygen atoms in total. The highest BCUT2D eigenvalue weighted by Gasteiger charge is 2.48. The second-order valence-corrected chi connectivity index (χ2v) is 10.5. The number of hydroxylamine groups is 1. The molecule has 0 spiro atoms. The highest BCUT2D eigenvalue weighted by molar-refractivity contribution is 6.30. The second-order valence-electron chi connectivity index (χ2n) is 10.1. The lowest BCUT2D eigenvalue weighted by Crippen LogP contribution is -2.46. The van der Waals surface area contributed by atoms with Crippen LogP contribution in [0.25, 0.3) is 11.5 Å². The van der Waals surface area contributed by atoms with Crippen LogP contribution in [0.15, 0.2) is 60.8 Å². The van der Waals surface area contributed by atoms with Crippen molar-refractivity contribution < 1.29 is 25.0 Å². The number of rotatable bonds is 8. The fraction of sp³-hybridized carbons (Fsp3) is 0.323. The number of hydrogen-bond donors (Lipinski definition) is 5. The van der Waals surface area contributed by atoms with Gasteiger partial charge < -0.3 is 20.1 Å². The zero-order chi connectivity index (χ0) is 28.8. The van der Waals surface area contributed by atoms with Crippen molar-refractivity contribution in [1.82, 2.24) is 15.4 Å². The molecule has 6 N–H and O–H groups in total. The Hall–Kier alpha value is -3.62. The molecule has 3 aromatic rings. The van der Waals surface area contributed by atoms with E-state index in [4.69, 9.17) is 22.2 Å². The molecule has 1 aromatic heterocycles. The van der Waals surface area contributed by atoms with E-state index < -0.39 is 5.60 Å². The van der Waals surface area contributed by atoms with Gasteiger partial charge in [-0.2, -0.15) is 11.4 Å². The van der Waals surface area contributed by atoms with Gasteiger partial charge in [-0.15, -0.1) is 0 Å². The summed E-state index contributed by atoms with van der Waals surface area (Å²) in [5, 5.41) is 34.6. The van der Waals surface area contributed by atoms with Crippen LogP contribution in [0.1, 0.15) is 47.2 Å². The van der Waals surface area contributed by atoms with E-state index in [0.717, 1.165) is 30.9 Å². The van der Waals surface area contributed by atoms with Crippen molar-refractivity contribution in [3.05, 3.63) is 93.8 Å². The number of aliphatic hydroxyl groups is 3. The SMILES string of the molecule is NONCCC#Cc1ccc(OCCN2CCC(C3(O)c4ccc(Cl)cc4C(O)=C(O)c4cccnc43)CC2)cc1. The fourth-order valence-electron chi connectivity index (χ4n) is 5.58. The summed E-state index contributed by atoms with van der Waals surface area (Å²) in [6.45, 7) is 3.34. The molecule has 1 atom stereocenters. The first-order valence-electron chi connectivity index (χ1n) is 13.5. The summed E-state index contributed by atoms with van der Waals surface area (Å²) < 4.78 is 5.97. The molecule has 1 aliphatic carbocycles. The largest absolute Gasteiger partial charge is 0.504 e. The average Bonchev–Trinajstić information content (AvgIpc) is 3.07. The van der Waals surface area contributed by atoms with E-state index in [1.54, 1.807) is 36.5 Å². The highest BCUT2D eigenvalue weighted by Crippen LogP contribution is 2.48. The summed E-state index contributed by atoms with van der Waals surface area (Å²) in [6.07, 6.45) is 3.60. The first-order valence-corrected chi connectivity index (χ1v) is 13.9. The van der Waals surface area contributed by atoms with E-state index >= 15 is 0 Å². The van der Waals surface area contributed by atoms with Gasteiger partial charge in [-0.05, 0) is 74.5 Å². The number of nitrogens with zero attached hydrogens (tertiary/aromatic N) is 2. The van der Waals surface area contributed by atoms with Crippen molar-refractivity contribution >= 4 is 23.1 Å². The number of piperidine rings is 1. The van der Waals surface area contributed by atoms with Gasteiger partial charge in [0.25, 0.3) is 0 Å². The minimum absolute atomic E-state index is 0.195. The topological polar surface area (TPSA) is 133 Å². The summed E-state index contributed by atoms with van der Waals surface area (Å²) in [6, 6.07) is 16.0. The van der Waals surface area contributed by atoms with E-state index in [0.29, 0.717) is 59.8 Å². The maximum Gasteiger partial charge on any atom is 0.167 e.